The molecule has 1 aliphatic rings. The topological polar surface area (TPSA) is 63.4 Å². The predicted octanol–water partition coefficient (Wildman–Crippen LogP) is 0.870. The highest BCUT2D eigenvalue weighted by Gasteiger charge is 2.30. The molecule has 0 aromatic heterocycles. The Morgan fingerprint density at radius 2 is 2.00 bits per heavy atom. The number of nitrogens with zero attached hydrogens (tertiary/aromatic N) is 1. The van der Waals surface area contributed by atoms with E-state index in [0.717, 1.165) is 32.5 Å². The van der Waals surface area contributed by atoms with Gasteiger partial charge in [0.2, 0.25) is 0 Å². The van der Waals surface area contributed by atoms with Gasteiger partial charge in [0, 0.05) is 13.1 Å². The van der Waals surface area contributed by atoms with Gasteiger partial charge >= 0.3 is 0 Å². The van der Waals surface area contributed by atoms with Crippen LogP contribution in [-0.2, 0) is 9.84 Å². The van der Waals surface area contributed by atoms with E-state index in [1.54, 1.807) is 20.8 Å². The molecule has 0 amide bonds. The van der Waals surface area contributed by atoms with E-state index >= 15 is 0 Å². The lowest BCUT2D eigenvalue weighted by Crippen LogP contribution is -2.36. The molecule has 1 rings (SSSR count). The Morgan fingerprint density at radius 1 is 1.35 bits per heavy atom. The van der Waals surface area contributed by atoms with Crippen molar-refractivity contribution in [2.75, 3.05) is 31.9 Å². The average Bonchev–Trinajstić information content (AvgIpc) is 2.62. The summed E-state index contributed by atoms with van der Waals surface area (Å²) in [5, 5.41) is 0. The fourth-order valence-electron chi connectivity index (χ4n) is 2.14. The predicted molar refractivity (Wildman–Crippen MR) is 71.8 cm³/mol. The molecule has 1 heterocycles. The highest BCUT2D eigenvalue weighted by Crippen LogP contribution is 2.20. The summed E-state index contributed by atoms with van der Waals surface area (Å²) < 4.78 is 23.3. The highest BCUT2D eigenvalue weighted by molar-refractivity contribution is 7.92. The van der Waals surface area contributed by atoms with Crippen LogP contribution in [-0.4, -0.2) is 50.0 Å². The Labute approximate surface area is 105 Å². The second-order valence-electron chi connectivity index (χ2n) is 5.96. The van der Waals surface area contributed by atoms with Crippen LogP contribution in [0, 0.1) is 5.92 Å². The molecule has 1 aliphatic heterocycles. The second kappa shape index (κ2) is 5.67. The fourth-order valence-corrected chi connectivity index (χ4v) is 3.25. The van der Waals surface area contributed by atoms with Crippen molar-refractivity contribution in [3.05, 3.63) is 0 Å². The fraction of sp³-hybridized carbons (Fsp3) is 1.00. The van der Waals surface area contributed by atoms with Gasteiger partial charge in [-0.2, -0.15) is 0 Å². The first-order chi connectivity index (χ1) is 7.76. The third-order valence-corrected chi connectivity index (χ3v) is 6.14. The van der Waals surface area contributed by atoms with Crippen LogP contribution in [0.1, 0.15) is 33.6 Å². The molecule has 0 bridgehead atoms. The summed E-state index contributed by atoms with van der Waals surface area (Å²) in [6.07, 6.45) is 2.22. The minimum Gasteiger partial charge on any atom is -0.330 e. The molecule has 0 radical (unpaired) electrons. The lowest BCUT2D eigenvalue weighted by Gasteiger charge is -2.22. The van der Waals surface area contributed by atoms with Gasteiger partial charge in [-0.1, -0.05) is 0 Å². The zero-order valence-electron chi connectivity index (χ0n) is 11.3. The van der Waals surface area contributed by atoms with Crippen LogP contribution in [0.2, 0.25) is 0 Å². The molecule has 4 nitrogen and oxygen atoms in total. The Morgan fingerprint density at radius 3 is 2.53 bits per heavy atom. The van der Waals surface area contributed by atoms with E-state index in [-0.39, 0.29) is 5.75 Å². The molecule has 0 aromatic carbocycles. The summed E-state index contributed by atoms with van der Waals surface area (Å²) in [4.78, 5) is 2.25. The maximum absolute atomic E-state index is 12.0. The summed E-state index contributed by atoms with van der Waals surface area (Å²) in [6.45, 7) is 8.73. The van der Waals surface area contributed by atoms with Crippen LogP contribution in [0.25, 0.3) is 0 Å². The first-order valence-electron chi connectivity index (χ1n) is 6.41. The Balaban J connectivity index is 2.38. The van der Waals surface area contributed by atoms with Gasteiger partial charge in [-0.15, -0.1) is 0 Å². The third-order valence-electron chi connectivity index (χ3n) is 3.55. The largest absolute Gasteiger partial charge is 0.330 e. The van der Waals surface area contributed by atoms with E-state index in [4.69, 9.17) is 5.73 Å². The maximum Gasteiger partial charge on any atom is 0.156 e. The number of likely N-dealkylation sites (tertiary alicyclic amines) is 1. The third kappa shape index (κ3) is 4.23. The smallest absolute Gasteiger partial charge is 0.156 e. The average molecular weight is 262 g/mol. The van der Waals surface area contributed by atoms with Gasteiger partial charge in [0.05, 0.1) is 10.5 Å². The minimum absolute atomic E-state index is 0.270. The Bertz CT molecular complexity index is 333. The molecule has 5 heteroatoms. The molecule has 1 atom stereocenters. The molecule has 102 valence electrons. The van der Waals surface area contributed by atoms with Crippen LogP contribution in [0.4, 0.5) is 0 Å². The summed E-state index contributed by atoms with van der Waals surface area (Å²) >= 11 is 0. The first kappa shape index (κ1) is 14.9. The standard InChI is InChI=1S/C12H26N2O2S/c1-12(2,3)17(15,16)9-8-14-7-5-11(10-14)4-6-13/h11H,4-10,13H2,1-3H3. The van der Waals surface area contributed by atoms with Crippen molar-refractivity contribution >= 4 is 9.84 Å². The van der Waals surface area contributed by atoms with Gasteiger partial charge in [-0.05, 0) is 52.6 Å². The number of hydrogen-bond donors (Lipinski definition) is 1. The highest BCUT2D eigenvalue weighted by atomic mass is 32.2. The van der Waals surface area contributed by atoms with Gasteiger partial charge in [-0.3, -0.25) is 0 Å². The quantitative estimate of drug-likeness (QED) is 0.798. The van der Waals surface area contributed by atoms with Crippen LogP contribution in [0.5, 0.6) is 0 Å². The lowest BCUT2D eigenvalue weighted by molar-refractivity contribution is 0.338. The monoisotopic (exact) mass is 262 g/mol. The molecule has 0 aromatic rings. The minimum atomic E-state index is -2.98. The normalized spacial score (nSPS) is 23.2. The zero-order chi connectivity index (χ0) is 13.1. The summed E-state index contributed by atoms with van der Waals surface area (Å²) in [7, 11) is -2.98. The van der Waals surface area contributed by atoms with Crippen molar-refractivity contribution in [1.29, 1.82) is 0 Å². The van der Waals surface area contributed by atoms with Crippen LogP contribution < -0.4 is 5.73 Å². The van der Waals surface area contributed by atoms with Crippen molar-refractivity contribution < 1.29 is 8.42 Å². The molecule has 1 unspecified atom stereocenters. The molecular formula is C12H26N2O2S. The van der Waals surface area contributed by atoms with Crippen LogP contribution in [0.15, 0.2) is 0 Å². The first-order valence-corrected chi connectivity index (χ1v) is 8.06. The molecule has 1 saturated heterocycles. The van der Waals surface area contributed by atoms with Crippen molar-refractivity contribution in [3.63, 3.8) is 0 Å². The van der Waals surface area contributed by atoms with Crippen molar-refractivity contribution in [3.8, 4) is 0 Å². The van der Waals surface area contributed by atoms with E-state index in [0.29, 0.717) is 12.5 Å². The van der Waals surface area contributed by atoms with Crippen molar-refractivity contribution in [2.45, 2.75) is 38.4 Å². The van der Waals surface area contributed by atoms with Crippen LogP contribution >= 0.6 is 0 Å². The molecular weight excluding hydrogens is 236 g/mol. The molecule has 17 heavy (non-hydrogen) atoms. The van der Waals surface area contributed by atoms with E-state index < -0.39 is 14.6 Å². The number of nitrogens with two attached hydrogens (primary N) is 1. The van der Waals surface area contributed by atoms with Crippen molar-refractivity contribution in [2.24, 2.45) is 11.7 Å². The van der Waals surface area contributed by atoms with E-state index in [1.807, 2.05) is 0 Å². The van der Waals surface area contributed by atoms with Crippen molar-refractivity contribution in [1.82, 2.24) is 4.90 Å². The number of rotatable bonds is 5. The number of sulfone groups is 1. The SMILES string of the molecule is CC(C)(C)S(=O)(=O)CCN1CCC(CCN)C1. The van der Waals surface area contributed by atoms with Gasteiger partial charge in [0.25, 0.3) is 0 Å². The van der Waals surface area contributed by atoms with Gasteiger partial charge in [0.15, 0.2) is 9.84 Å². The van der Waals surface area contributed by atoms with Crippen LogP contribution in [0.3, 0.4) is 0 Å². The van der Waals surface area contributed by atoms with Gasteiger partial charge in [0.1, 0.15) is 0 Å². The molecule has 0 aliphatic carbocycles. The summed E-state index contributed by atoms with van der Waals surface area (Å²) in [6, 6.07) is 0. The Hall–Kier alpha value is -0.130. The molecule has 0 spiro atoms. The van der Waals surface area contributed by atoms with E-state index in [9.17, 15) is 8.42 Å². The second-order valence-corrected chi connectivity index (χ2v) is 8.83. The van der Waals surface area contributed by atoms with Gasteiger partial charge < -0.3 is 10.6 Å². The lowest BCUT2D eigenvalue weighted by atomic mass is 10.1. The maximum atomic E-state index is 12.0. The molecule has 0 saturated carbocycles. The number of hydrogen-bond acceptors (Lipinski definition) is 4. The molecule has 1 fully saturated rings. The molecule has 2 N–H and O–H groups in total. The zero-order valence-corrected chi connectivity index (χ0v) is 12.1. The van der Waals surface area contributed by atoms with E-state index in [2.05, 4.69) is 4.90 Å². The van der Waals surface area contributed by atoms with E-state index in [1.165, 1.54) is 0 Å². The Kier molecular flexibility index (Phi) is 4.98. The van der Waals surface area contributed by atoms with Gasteiger partial charge in [-0.25, -0.2) is 8.42 Å². The summed E-state index contributed by atoms with van der Waals surface area (Å²) in [5.41, 5.74) is 5.54. The summed E-state index contributed by atoms with van der Waals surface area (Å²) in [5.74, 6) is 0.934.